The first-order valence-corrected chi connectivity index (χ1v) is 8.76. The maximum absolute atomic E-state index is 13.6. The Morgan fingerprint density at radius 2 is 1.70 bits per heavy atom. The van der Waals surface area contributed by atoms with Crippen molar-refractivity contribution in [3.05, 3.63) is 53.8 Å². The van der Waals surface area contributed by atoms with Crippen LogP contribution < -0.4 is 10.6 Å². The maximum Gasteiger partial charge on any atom is 0.228 e. The Hall–Kier alpha value is -2.05. The molecule has 2 N–H and O–H groups in total. The number of hydrogen-bond acceptors (Lipinski definition) is 2. The van der Waals surface area contributed by atoms with E-state index in [1.54, 1.807) is 24.3 Å². The van der Waals surface area contributed by atoms with Gasteiger partial charge in [0, 0.05) is 17.2 Å². The molecule has 4 rings (SSSR count). The lowest BCUT2D eigenvalue weighted by atomic mass is 9.91. The smallest absolute Gasteiger partial charge is 0.228 e. The highest BCUT2D eigenvalue weighted by Crippen LogP contribution is 2.58. The van der Waals surface area contributed by atoms with Gasteiger partial charge < -0.3 is 10.6 Å². The third kappa shape index (κ3) is 3.69. The summed E-state index contributed by atoms with van der Waals surface area (Å²) in [7, 11) is 0. The number of para-hydroxylation sites is 1. The highest BCUT2D eigenvalue weighted by molar-refractivity contribution is 5.98. The number of nitrogens with one attached hydrogen (secondary N) is 2. The Labute approximate surface area is 161 Å². The maximum atomic E-state index is 13.6. The first kappa shape index (κ1) is 19.7. The summed E-state index contributed by atoms with van der Waals surface area (Å²) in [5, 5.41) is 6.20. The van der Waals surface area contributed by atoms with Crippen molar-refractivity contribution in [2.45, 2.75) is 19.3 Å². The van der Waals surface area contributed by atoms with Gasteiger partial charge in [0.1, 0.15) is 0 Å². The quantitative estimate of drug-likeness (QED) is 0.749. The number of halogens is 4. The van der Waals surface area contributed by atoms with Crippen LogP contribution in [0.15, 0.2) is 36.4 Å². The fourth-order valence-electron chi connectivity index (χ4n) is 3.97. The van der Waals surface area contributed by atoms with Gasteiger partial charge in [-0.25, -0.2) is 13.2 Å². The van der Waals surface area contributed by atoms with E-state index in [4.69, 9.17) is 0 Å². The third-order valence-corrected chi connectivity index (χ3v) is 5.59. The molecule has 0 aromatic heterocycles. The largest absolute Gasteiger partial charge is 0.325 e. The minimum absolute atomic E-state index is 0. The van der Waals surface area contributed by atoms with Gasteiger partial charge in [0.05, 0.1) is 0 Å². The SMILES string of the molecule is Cl.O=C(Nc1ccccc1-c1cc(F)c(F)c(F)c1)C1CC12CCNCC2. The predicted molar refractivity (Wildman–Crippen MR) is 100 cm³/mol. The molecule has 1 saturated carbocycles. The van der Waals surface area contributed by atoms with Crippen LogP contribution in [-0.4, -0.2) is 19.0 Å². The number of rotatable bonds is 3. The molecule has 1 unspecified atom stereocenters. The number of piperidine rings is 1. The van der Waals surface area contributed by atoms with E-state index < -0.39 is 17.5 Å². The van der Waals surface area contributed by atoms with Crippen LogP contribution in [0.1, 0.15) is 19.3 Å². The fourth-order valence-corrected chi connectivity index (χ4v) is 3.97. The zero-order valence-corrected chi connectivity index (χ0v) is 15.3. The molecule has 1 aliphatic heterocycles. The summed E-state index contributed by atoms with van der Waals surface area (Å²) in [6, 6.07) is 8.65. The van der Waals surface area contributed by atoms with Gasteiger partial charge in [-0.15, -0.1) is 12.4 Å². The molecule has 2 aliphatic rings. The number of carbonyl (C=O) groups is 1. The second kappa shape index (κ2) is 7.52. The summed E-state index contributed by atoms with van der Waals surface area (Å²) in [5.41, 5.74) is 1.21. The molecule has 1 spiro atoms. The average Bonchev–Trinajstić information content (AvgIpc) is 3.33. The normalized spacial score (nSPS) is 20.0. The molecule has 7 heteroatoms. The number of anilines is 1. The van der Waals surface area contributed by atoms with E-state index in [0.29, 0.717) is 11.3 Å². The van der Waals surface area contributed by atoms with Crippen molar-refractivity contribution in [2.75, 3.05) is 18.4 Å². The van der Waals surface area contributed by atoms with Gasteiger partial charge in [-0.1, -0.05) is 18.2 Å². The number of amides is 1. The van der Waals surface area contributed by atoms with E-state index in [-0.39, 0.29) is 35.2 Å². The molecular formula is C20H20ClF3N2O. The minimum Gasteiger partial charge on any atom is -0.325 e. The summed E-state index contributed by atoms with van der Waals surface area (Å²) >= 11 is 0. The lowest BCUT2D eigenvalue weighted by Gasteiger charge is -2.23. The molecular weight excluding hydrogens is 377 g/mol. The Morgan fingerprint density at radius 1 is 1.07 bits per heavy atom. The second-order valence-electron chi connectivity index (χ2n) is 7.16. The second-order valence-corrected chi connectivity index (χ2v) is 7.16. The standard InChI is InChI=1S/C20H19F3N2O.ClH/c21-15-9-12(10-16(22)18(15)23)13-3-1-2-4-17(13)25-19(26)14-11-20(14)5-7-24-8-6-20;/h1-4,9-10,14,24H,5-8,11H2,(H,25,26);1H. The third-order valence-electron chi connectivity index (χ3n) is 5.59. The van der Waals surface area contributed by atoms with E-state index in [0.717, 1.165) is 44.5 Å². The van der Waals surface area contributed by atoms with Gasteiger partial charge in [-0.3, -0.25) is 4.79 Å². The lowest BCUT2D eigenvalue weighted by Crippen LogP contribution is -2.31. The summed E-state index contributed by atoms with van der Waals surface area (Å²) in [5.74, 6) is -4.10. The molecule has 2 aromatic carbocycles. The lowest BCUT2D eigenvalue weighted by molar-refractivity contribution is -0.118. The van der Waals surface area contributed by atoms with Gasteiger partial charge >= 0.3 is 0 Å². The number of hydrogen-bond donors (Lipinski definition) is 2. The van der Waals surface area contributed by atoms with Gasteiger partial charge in [0.2, 0.25) is 5.91 Å². The van der Waals surface area contributed by atoms with E-state index in [1.165, 1.54) is 0 Å². The highest BCUT2D eigenvalue weighted by Gasteiger charge is 2.57. The van der Waals surface area contributed by atoms with Crippen LogP contribution in [0.2, 0.25) is 0 Å². The molecule has 1 aliphatic carbocycles. The fraction of sp³-hybridized carbons (Fsp3) is 0.350. The number of carbonyl (C=O) groups excluding carboxylic acids is 1. The van der Waals surface area contributed by atoms with Crippen molar-refractivity contribution >= 4 is 24.0 Å². The van der Waals surface area contributed by atoms with E-state index >= 15 is 0 Å². The average molecular weight is 397 g/mol. The molecule has 2 aromatic rings. The molecule has 3 nitrogen and oxygen atoms in total. The van der Waals surface area contributed by atoms with Crippen molar-refractivity contribution in [1.82, 2.24) is 5.32 Å². The monoisotopic (exact) mass is 396 g/mol. The molecule has 1 heterocycles. The summed E-state index contributed by atoms with van der Waals surface area (Å²) in [4.78, 5) is 12.7. The van der Waals surface area contributed by atoms with Crippen LogP contribution in [0.5, 0.6) is 0 Å². The Morgan fingerprint density at radius 3 is 2.37 bits per heavy atom. The van der Waals surface area contributed by atoms with Crippen LogP contribution in [0.4, 0.5) is 18.9 Å². The van der Waals surface area contributed by atoms with Gasteiger partial charge in [0.25, 0.3) is 0 Å². The Balaban J connectivity index is 0.00000210. The minimum atomic E-state index is -1.50. The van der Waals surface area contributed by atoms with Crippen LogP contribution in [0.3, 0.4) is 0 Å². The van der Waals surface area contributed by atoms with E-state index in [2.05, 4.69) is 10.6 Å². The first-order valence-electron chi connectivity index (χ1n) is 8.76. The summed E-state index contributed by atoms with van der Waals surface area (Å²) < 4.78 is 40.4. The Kier molecular flexibility index (Phi) is 5.49. The first-order chi connectivity index (χ1) is 12.5. The topological polar surface area (TPSA) is 41.1 Å². The summed E-state index contributed by atoms with van der Waals surface area (Å²) in [6.45, 7) is 1.85. The van der Waals surface area contributed by atoms with Crippen LogP contribution in [0.25, 0.3) is 11.1 Å². The zero-order chi connectivity index (χ0) is 18.3. The zero-order valence-electron chi connectivity index (χ0n) is 14.5. The molecule has 1 saturated heterocycles. The van der Waals surface area contributed by atoms with E-state index in [1.807, 2.05) is 0 Å². The van der Waals surface area contributed by atoms with E-state index in [9.17, 15) is 18.0 Å². The van der Waals surface area contributed by atoms with Crippen LogP contribution in [0, 0.1) is 28.8 Å². The van der Waals surface area contributed by atoms with Gasteiger partial charge in [0.15, 0.2) is 17.5 Å². The van der Waals surface area contributed by atoms with Crippen molar-refractivity contribution in [3.8, 4) is 11.1 Å². The van der Waals surface area contributed by atoms with Crippen molar-refractivity contribution < 1.29 is 18.0 Å². The van der Waals surface area contributed by atoms with Gasteiger partial charge in [-0.2, -0.15) is 0 Å². The molecule has 27 heavy (non-hydrogen) atoms. The van der Waals surface area contributed by atoms with Crippen LogP contribution in [-0.2, 0) is 4.79 Å². The van der Waals surface area contributed by atoms with Crippen molar-refractivity contribution in [3.63, 3.8) is 0 Å². The number of benzene rings is 2. The highest BCUT2D eigenvalue weighted by atomic mass is 35.5. The Bertz CT molecular complexity index is 845. The van der Waals surface area contributed by atoms with Crippen molar-refractivity contribution in [2.24, 2.45) is 11.3 Å². The van der Waals surface area contributed by atoms with Crippen molar-refractivity contribution in [1.29, 1.82) is 0 Å². The predicted octanol–water partition coefficient (Wildman–Crippen LogP) is 4.52. The van der Waals surface area contributed by atoms with Gasteiger partial charge in [-0.05, 0) is 61.5 Å². The molecule has 2 fully saturated rings. The molecule has 1 atom stereocenters. The molecule has 144 valence electrons. The van der Waals surface area contributed by atoms with Crippen LogP contribution >= 0.6 is 12.4 Å². The summed E-state index contributed by atoms with van der Waals surface area (Å²) in [6.07, 6.45) is 2.85. The molecule has 1 amide bonds. The molecule has 0 bridgehead atoms. The molecule has 0 radical (unpaired) electrons.